The van der Waals surface area contributed by atoms with E-state index in [1.807, 2.05) is 13.8 Å². The molecule has 0 saturated carbocycles. The highest BCUT2D eigenvalue weighted by Gasteiger charge is 2.56. The van der Waals surface area contributed by atoms with Crippen LogP contribution in [0.25, 0.3) is 0 Å². The van der Waals surface area contributed by atoms with E-state index in [1.54, 1.807) is 0 Å². The standard InChI is InChI=1S/C12H19F5O2S/c1-8(2)7-9(10(18)19)3-5-20-6-4-11(13,14)12(15,16)17/h8-9H,3-7H2,1-2H3,(H,18,19). The SMILES string of the molecule is CC(C)CC(CCSCCC(F)(F)C(F)(F)F)C(=O)O. The first-order valence-electron chi connectivity index (χ1n) is 6.22. The molecule has 0 spiro atoms. The maximum Gasteiger partial charge on any atom is 0.453 e. The summed E-state index contributed by atoms with van der Waals surface area (Å²) < 4.78 is 60.8. The van der Waals surface area contributed by atoms with Crippen molar-refractivity contribution < 1.29 is 31.9 Å². The maximum absolute atomic E-state index is 12.6. The minimum absolute atomic E-state index is 0.190. The van der Waals surface area contributed by atoms with E-state index < -0.39 is 30.4 Å². The Labute approximate surface area is 119 Å². The van der Waals surface area contributed by atoms with Gasteiger partial charge in [-0.1, -0.05) is 13.8 Å². The fourth-order valence-electron chi connectivity index (χ4n) is 1.58. The molecule has 0 heterocycles. The first kappa shape index (κ1) is 19.5. The number of halogens is 5. The molecule has 20 heavy (non-hydrogen) atoms. The van der Waals surface area contributed by atoms with Crippen molar-refractivity contribution in [3.63, 3.8) is 0 Å². The lowest BCUT2D eigenvalue weighted by Crippen LogP contribution is -2.36. The topological polar surface area (TPSA) is 37.3 Å². The lowest BCUT2D eigenvalue weighted by atomic mass is 9.95. The van der Waals surface area contributed by atoms with Gasteiger partial charge >= 0.3 is 18.1 Å². The van der Waals surface area contributed by atoms with Gasteiger partial charge in [0.25, 0.3) is 0 Å². The molecule has 1 N–H and O–H groups in total. The number of alkyl halides is 5. The van der Waals surface area contributed by atoms with Gasteiger partial charge in [0.05, 0.1) is 5.92 Å². The highest BCUT2D eigenvalue weighted by atomic mass is 32.2. The van der Waals surface area contributed by atoms with Crippen LogP contribution in [0.1, 0.15) is 33.1 Å². The second-order valence-electron chi connectivity index (χ2n) is 5.02. The van der Waals surface area contributed by atoms with Crippen LogP contribution < -0.4 is 0 Å². The number of carboxylic acid groups (broad SMARTS) is 1. The second kappa shape index (κ2) is 8.05. The summed E-state index contributed by atoms with van der Waals surface area (Å²) in [4.78, 5) is 10.9. The average Bonchev–Trinajstić information content (AvgIpc) is 2.24. The molecule has 0 rings (SSSR count). The van der Waals surface area contributed by atoms with Crippen LogP contribution in [0.2, 0.25) is 0 Å². The van der Waals surface area contributed by atoms with Gasteiger partial charge in [0.2, 0.25) is 0 Å². The minimum atomic E-state index is -5.52. The first-order chi connectivity index (χ1) is 8.97. The van der Waals surface area contributed by atoms with Crippen LogP contribution in [-0.2, 0) is 4.79 Å². The van der Waals surface area contributed by atoms with Gasteiger partial charge in [-0.05, 0) is 30.3 Å². The molecule has 2 nitrogen and oxygen atoms in total. The van der Waals surface area contributed by atoms with Gasteiger partial charge in [-0.15, -0.1) is 0 Å². The van der Waals surface area contributed by atoms with Gasteiger partial charge in [0.15, 0.2) is 0 Å². The molecule has 0 aliphatic carbocycles. The quantitative estimate of drug-likeness (QED) is 0.503. The summed E-state index contributed by atoms with van der Waals surface area (Å²) in [5.74, 6) is -6.11. The number of rotatable bonds is 9. The molecular weight excluding hydrogens is 303 g/mol. The summed E-state index contributed by atoms with van der Waals surface area (Å²) in [6.45, 7) is 3.74. The van der Waals surface area contributed by atoms with Gasteiger partial charge in [0.1, 0.15) is 0 Å². The van der Waals surface area contributed by atoms with E-state index in [2.05, 4.69) is 0 Å². The number of hydrogen-bond acceptors (Lipinski definition) is 2. The summed E-state index contributed by atoms with van der Waals surface area (Å²) >= 11 is 0.926. The molecule has 1 atom stereocenters. The van der Waals surface area contributed by atoms with E-state index in [0.717, 1.165) is 11.8 Å². The number of carboxylic acids is 1. The van der Waals surface area contributed by atoms with Crippen molar-refractivity contribution in [2.45, 2.75) is 45.2 Å². The van der Waals surface area contributed by atoms with Crippen molar-refractivity contribution in [2.75, 3.05) is 11.5 Å². The molecule has 0 aromatic carbocycles. The molecule has 1 unspecified atom stereocenters. The van der Waals surface area contributed by atoms with Crippen LogP contribution in [0.5, 0.6) is 0 Å². The van der Waals surface area contributed by atoms with E-state index in [1.165, 1.54) is 0 Å². The Morgan fingerprint density at radius 2 is 1.70 bits per heavy atom. The smallest absolute Gasteiger partial charge is 0.453 e. The third-order valence-corrected chi connectivity index (χ3v) is 3.71. The Kier molecular flexibility index (Phi) is 7.83. The maximum atomic E-state index is 12.6. The highest BCUT2D eigenvalue weighted by Crippen LogP contribution is 2.38. The molecule has 0 bridgehead atoms. The molecule has 0 aromatic rings. The van der Waals surface area contributed by atoms with Crippen LogP contribution in [0.4, 0.5) is 22.0 Å². The zero-order chi connectivity index (χ0) is 16.0. The van der Waals surface area contributed by atoms with Crippen LogP contribution in [-0.4, -0.2) is 34.7 Å². The summed E-state index contributed by atoms with van der Waals surface area (Å²) in [5, 5.41) is 8.94. The molecule has 0 aliphatic heterocycles. The third-order valence-electron chi connectivity index (χ3n) is 2.69. The van der Waals surface area contributed by atoms with Gasteiger partial charge in [-0.3, -0.25) is 4.79 Å². The zero-order valence-corrected chi connectivity index (χ0v) is 12.2. The number of aliphatic carboxylic acids is 1. The van der Waals surface area contributed by atoms with Crippen LogP contribution >= 0.6 is 11.8 Å². The minimum Gasteiger partial charge on any atom is -0.481 e. The molecule has 0 radical (unpaired) electrons. The van der Waals surface area contributed by atoms with Crippen molar-refractivity contribution >= 4 is 17.7 Å². The summed E-state index contributed by atoms with van der Waals surface area (Å²) in [5.41, 5.74) is 0. The normalized spacial score (nSPS) is 14.6. The Hall–Kier alpha value is -0.530. The molecule has 0 aliphatic rings. The molecule has 0 aromatic heterocycles. The molecular formula is C12H19F5O2S. The van der Waals surface area contributed by atoms with Gasteiger partial charge < -0.3 is 5.11 Å². The Morgan fingerprint density at radius 3 is 2.10 bits per heavy atom. The van der Waals surface area contributed by atoms with Gasteiger partial charge in [-0.2, -0.15) is 33.7 Å². The zero-order valence-electron chi connectivity index (χ0n) is 11.3. The average molecular weight is 322 g/mol. The molecule has 0 amide bonds. The van der Waals surface area contributed by atoms with Crippen molar-refractivity contribution in [2.24, 2.45) is 11.8 Å². The van der Waals surface area contributed by atoms with E-state index >= 15 is 0 Å². The van der Waals surface area contributed by atoms with E-state index in [4.69, 9.17) is 5.11 Å². The van der Waals surface area contributed by atoms with Crippen LogP contribution in [0, 0.1) is 11.8 Å². The van der Waals surface area contributed by atoms with E-state index in [0.29, 0.717) is 6.42 Å². The van der Waals surface area contributed by atoms with Crippen LogP contribution in [0.3, 0.4) is 0 Å². The molecule has 0 fully saturated rings. The summed E-state index contributed by atoms with van der Waals surface area (Å²) in [7, 11) is 0. The number of carbonyl (C=O) groups is 1. The summed E-state index contributed by atoms with van der Waals surface area (Å²) in [6.07, 6.45) is -6.05. The lowest BCUT2D eigenvalue weighted by molar-refractivity contribution is -0.282. The fourth-order valence-corrected chi connectivity index (χ4v) is 2.64. The second-order valence-corrected chi connectivity index (χ2v) is 6.24. The van der Waals surface area contributed by atoms with E-state index in [9.17, 15) is 26.7 Å². The summed E-state index contributed by atoms with van der Waals surface area (Å²) in [6, 6.07) is 0. The Bertz CT molecular complexity index is 305. The molecule has 0 saturated heterocycles. The highest BCUT2D eigenvalue weighted by molar-refractivity contribution is 7.99. The van der Waals surface area contributed by atoms with Crippen LogP contribution in [0.15, 0.2) is 0 Å². The monoisotopic (exact) mass is 322 g/mol. The van der Waals surface area contributed by atoms with Crippen molar-refractivity contribution in [1.29, 1.82) is 0 Å². The van der Waals surface area contributed by atoms with Gasteiger partial charge in [0, 0.05) is 6.42 Å². The molecule has 8 heteroatoms. The van der Waals surface area contributed by atoms with Crippen molar-refractivity contribution in [3.8, 4) is 0 Å². The number of thioether (sulfide) groups is 1. The first-order valence-corrected chi connectivity index (χ1v) is 7.38. The predicted octanol–water partition coefficient (Wildman–Crippen LogP) is 4.44. The largest absolute Gasteiger partial charge is 0.481 e. The van der Waals surface area contributed by atoms with Crippen molar-refractivity contribution in [1.82, 2.24) is 0 Å². The number of hydrogen-bond donors (Lipinski definition) is 1. The predicted molar refractivity (Wildman–Crippen MR) is 68.1 cm³/mol. The third kappa shape index (κ3) is 7.31. The Morgan fingerprint density at radius 1 is 1.15 bits per heavy atom. The lowest BCUT2D eigenvalue weighted by Gasteiger charge is -2.19. The molecule has 120 valence electrons. The van der Waals surface area contributed by atoms with Crippen molar-refractivity contribution in [3.05, 3.63) is 0 Å². The Balaban J connectivity index is 3.99. The fraction of sp³-hybridized carbons (Fsp3) is 0.917. The van der Waals surface area contributed by atoms with E-state index in [-0.39, 0.29) is 23.8 Å². The van der Waals surface area contributed by atoms with Gasteiger partial charge in [-0.25, -0.2) is 0 Å².